The van der Waals surface area contributed by atoms with Crippen LogP contribution in [0.5, 0.6) is 28.7 Å². The van der Waals surface area contributed by atoms with Crippen molar-refractivity contribution in [2.45, 2.75) is 18.9 Å². The minimum atomic E-state index is -0.778. The number of ether oxygens (including phenoxy) is 5. The van der Waals surface area contributed by atoms with Gasteiger partial charge in [0.25, 0.3) is 0 Å². The average molecular weight is 446 g/mol. The first kappa shape index (κ1) is 23.5. The van der Waals surface area contributed by atoms with Gasteiger partial charge in [0.2, 0.25) is 5.75 Å². The van der Waals surface area contributed by atoms with Gasteiger partial charge in [-0.25, -0.2) is 0 Å². The molecule has 1 aliphatic rings. The predicted octanol–water partition coefficient (Wildman–Crippen LogP) is 3.62. The maximum Gasteiger partial charge on any atom is 0.307 e. The Morgan fingerprint density at radius 1 is 0.906 bits per heavy atom. The van der Waals surface area contributed by atoms with Crippen LogP contribution in [0.4, 0.5) is 0 Å². The first-order chi connectivity index (χ1) is 15.5. The maximum atomic E-state index is 11.8. The summed E-state index contributed by atoms with van der Waals surface area (Å²) in [5.41, 5.74) is 1.78. The smallest absolute Gasteiger partial charge is 0.307 e. The molecule has 1 aliphatic heterocycles. The van der Waals surface area contributed by atoms with Gasteiger partial charge in [-0.2, -0.15) is 0 Å². The molecule has 0 amide bonds. The number of carboxylic acids is 1. The highest BCUT2D eigenvalue weighted by Gasteiger charge is 2.34. The molecule has 8 nitrogen and oxygen atoms in total. The Kier molecular flexibility index (Phi) is 7.69. The minimum absolute atomic E-state index is 0.285. The van der Waals surface area contributed by atoms with Crippen molar-refractivity contribution in [2.24, 2.45) is 5.92 Å². The van der Waals surface area contributed by atoms with Gasteiger partial charge in [0.15, 0.2) is 23.0 Å². The number of methoxy groups -OCH3 is 5. The van der Waals surface area contributed by atoms with Crippen molar-refractivity contribution < 1.29 is 33.6 Å². The molecule has 0 aliphatic carbocycles. The predicted molar refractivity (Wildman–Crippen MR) is 119 cm³/mol. The van der Waals surface area contributed by atoms with Crippen molar-refractivity contribution in [1.82, 2.24) is 4.90 Å². The minimum Gasteiger partial charge on any atom is -0.493 e. The first-order valence-electron chi connectivity index (χ1n) is 10.5. The number of piperidine rings is 1. The van der Waals surface area contributed by atoms with Gasteiger partial charge in [-0.3, -0.25) is 9.69 Å². The lowest BCUT2D eigenvalue weighted by atomic mass is 9.90. The van der Waals surface area contributed by atoms with Crippen LogP contribution in [0.25, 0.3) is 0 Å². The molecule has 8 heteroatoms. The lowest BCUT2D eigenvalue weighted by molar-refractivity contribution is -0.143. The SMILES string of the molecule is COc1ccc(C(c2ccc(OC)c(OC)c2OC)N2CCCC(C(=O)O)C2)cc1OC. The van der Waals surface area contributed by atoms with Crippen molar-refractivity contribution >= 4 is 5.97 Å². The molecule has 1 saturated heterocycles. The number of hydrogen-bond donors (Lipinski definition) is 1. The van der Waals surface area contributed by atoms with E-state index in [1.807, 2.05) is 30.3 Å². The quantitative estimate of drug-likeness (QED) is 0.626. The second kappa shape index (κ2) is 10.5. The molecule has 1 fully saturated rings. The zero-order chi connectivity index (χ0) is 23.3. The zero-order valence-corrected chi connectivity index (χ0v) is 19.2. The van der Waals surface area contributed by atoms with E-state index >= 15 is 0 Å². The van der Waals surface area contributed by atoms with E-state index in [4.69, 9.17) is 23.7 Å². The molecule has 0 spiro atoms. The summed E-state index contributed by atoms with van der Waals surface area (Å²) in [6, 6.07) is 9.23. The van der Waals surface area contributed by atoms with Crippen molar-refractivity contribution in [3.8, 4) is 28.7 Å². The molecule has 2 atom stereocenters. The fraction of sp³-hybridized carbons (Fsp3) is 0.458. The Morgan fingerprint density at radius 3 is 2.16 bits per heavy atom. The molecule has 1 heterocycles. The van der Waals surface area contributed by atoms with Crippen LogP contribution >= 0.6 is 0 Å². The molecule has 0 saturated carbocycles. The van der Waals surface area contributed by atoms with E-state index in [1.165, 1.54) is 0 Å². The Morgan fingerprint density at radius 2 is 1.56 bits per heavy atom. The average Bonchev–Trinajstić information content (AvgIpc) is 2.83. The van der Waals surface area contributed by atoms with E-state index < -0.39 is 11.9 Å². The number of carbonyl (C=O) groups is 1. The molecule has 2 aromatic carbocycles. The summed E-state index contributed by atoms with van der Waals surface area (Å²) in [6.45, 7) is 1.17. The molecular weight excluding hydrogens is 414 g/mol. The summed E-state index contributed by atoms with van der Waals surface area (Å²) < 4.78 is 27.8. The molecular formula is C24H31NO7. The summed E-state index contributed by atoms with van der Waals surface area (Å²) in [4.78, 5) is 13.9. The highest BCUT2D eigenvalue weighted by atomic mass is 16.5. The van der Waals surface area contributed by atoms with Crippen molar-refractivity contribution in [3.05, 3.63) is 41.5 Å². The third-order valence-electron chi connectivity index (χ3n) is 5.92. The molecule has 2 aromatic rings. The number of likely N-dealkylation sites (tertiary alicyclic amines) is 1. The van der Waals surface area contributed by atoms with Crippen molar-refractivity contribution in [3.63, 3.8) is 0 Å². The zero-order valence-electron chi connectivity index (χ0n) is 19.2. The van der Waals surface area contributed by atoms with Crippen LogP contribution in [0.3, 0.4) is 0 Å². The van der Waals surface area contributed by atoms with Gasteiger partial charge in [-0.15, -0.1) is 0 Å². The van der Waals surface area contributed by atoms with E-state index in [0.717, 1.165) is 24.1 Å². The number of carboxylic acid groups (broad SMARTS) is 1. The highest BCUT2D eigenvalue weighted by molar-refractivity contribution is 5.70. The summed E-state index contributed by atoms with van der Waals surface area (Å²) in [6.07, 6.45) is 1.45. The van der Waals surface area contributed by atoms with Crippen LogP contribution in [0.2, 0.25) is 0 Å². The fourth-order valence-corrected chi connectivity index (χ4v) is 4.39. The van der Waals surface area contributed by atoms with Crippen LogP contribution in [-0.4, -0.2) is 64.6 Å². The molecule has 0 radical (unpaired) electrons. The lowest BCUT2D eigenvalue weighted by Gasteiger charge is -2.38. The summed E-state index contributed by atoms with van der Waals surface area (Å²) in [5.74, 6) is 1.60. The molecule has 0 bridgehead atoms. The topological polar surface area (TPSA) is 86.7 Å². The molecule has 1 N–H and O–H groups in total. The molecule has 32 heavy (non-hydrogen) atoms. The van der Waals surface area contributed by atoms with Gasteiger partial charge in [0.1, 0.15) is 0 Å². The molecule has 2 unspecified atom stereocenters. The van der Waals surface area contributed by atoms with Crippen LogP contribution in [0.15, 0.2) is 30.3 Å². The van der Waals surface area contributed by atoms with Crippen molar-refractivity contribution in [1.29, 1.82) is 0 Å². The number of nitrogens with zero attached hydrogens (tertiary/aromatic N) is 1. The van der Waals surface area contributed by atoms with E-state index in [-0.39, 0.29) is 6.04 Å². The Hall–Kier alpha value is -3.13. The van der Waals surface area contributed by atoms with Gasteiger partial charge >= 0.3 is 5.97 Å². The van der Waals surface area contributed by atoms with Crippen LogP contribution in [-0.2, 0) is 4.79 Å². The summed E-state index contributed by atoms with van der Waals surface area (Å²) >= 11 is 0. The maximum absolute atomic E-state index is 11.8. The molecule has 174 valence electrons. The number of hydrogen-bond acceptors (Lipinski definition) is 7. The summed E-state index contributed by atoms with van der Waals surface area (Å²) in [5, 5.41) is 9.66. The van der Waals surface area contributed by atoms with Gasteiger partial charge < -0.3 is 28.8 Å². The Balaban J connectivity index is 2.19. The number of benzene rings is 2. The monoisotopic (exact) mass is 445 g/mol. The van der Waals surface area contributed by atoms with Crippen molar-refractivity contribution in [2.75, 3.05) is 48.6 Å². The standard InChI is InChI=1S/C24H31NO7/c1-28-18-10-8-15(13-20(18)30-3)21(25-12-6-7-16(14-25)24(26)27)17-9-11-19(29-2)23(32-5)22(17)31-4/h8-11,13,16,21H,6-7,12,14H2,1-5H3,(H,26,27). The third-order valence-corrected chi connectivity index (χ3v) is 5.92. The molecule has 0 aromatic heterocycles. The second-order valence-electron chi connectivity index (χ2n) is 7.61. The van der Waals surface area contributed by atoms with Gasteiger partial charge in [-0.05, 0) is 49.2 Å². The summed E-state index contributed by atoms with van der Waals surface area (Å²) in [7, 11) is 7.91. The van der Waals surface area contributed by atoms with E-state index in [1.54, 1.807) is 35.5 Å². The highest BCUT2D eigenvalue weighted by Crippen LogP contribution is 2.46. The van der Waals surface area contributed by atoms with Gasteiger partial charge in [-0.1, -0.05) is 6.07 Å². The number of rotatable bonds is 9. The van der Waals surface area contributed by atoms with Crippen LogP contribution < -0.4 is 23.7 Å². The Bertz CT molecular complexity index is 946. The number of aliphatic carboxylic acids is 1. The van der Waals surface area contributed by atoms with Crippen LogP contribution in [0.1, 0.15) is 30.0 Å². The molecule has 3 rings (SSSR count). The normalized spacial score (nSPS) is 17.3. The van der Waals surface area contributed by atoms with Gasteiger partial charge in [0, 0.05) is 12.1 Å². The lowest BCUT2D eigenvalue weighted by Crippen LogP contribution is -2.41. The Labute approximate surface area is 188 Å². The van der Waals surface area contributed by atoms with Crippen LogP contribution in [0, 0.1) is 5.92 Å². The van der Waals surface area contributed by atoms with E-state index in [2.05, 4.69) is 4.90 Å². The van der Waals surface area contributed by atoms with E-state index in [0.29, 0.717) is 41.7 Å². The first-order valence-corrected chi connectivity index (χ1v) is 10.5. The second-order valence-corrected chi connectivity index (χ2v) is 7.61. The fourth-order valence-electron chi connectivity index (χ4n) is 4.39. The van der Waals surface area contributed by atoms with E-state index in [9.17, 15) is 9.90 Å². The van der Waals surface area contributed by atoms with Gasteiger partial charge in [0.05, 0.1) is 47.5 Å². The third kappa shape index (κ3) is 4.55. The largest absolute Gasteiger partial charge is 0.493 e.